The molecule has 1 unspecified atom stereocenters. The number of carbonyl (C=O) groups is 2. The smallest absolute Gasteiger partial charge is 0.323 e. The van der Waals surface area contributed by atoms with Gasteiger partial charge in [0.15, 0.2) is 5.25 Å². The number of ether oxygens (including phenoxy) is 2. The standard InChI is InChI=1S/C18H34O7S/c1-3-5-7-9-11-13-24-17(19)15-16(26(21,22)23)18(20)25-14-12-10-8-6-4-2/h16H,3-15H2,1-2H3,(H,21,22,23)/p-1. The summed E-state index contributed by atoms with van der Waals surface area (Å²) in [7, 11) is -4.98. The molecule has 0 aromatic heterocycles. The van der Waals surface area contributed by atoms with Gasteiger partial charge < -0.3 is 14.0 Å². The van der Waals surface area contributed by atoms with Gasteiger partial charge in [0.05, 0.1) is 19.6 Å². The third kappa shape index (κ3) is 13.1. The molecule has 7 nitrogen and oxygen atoms in total. The first-order valence-corrected chi connectivity index (χ1v) is 11.1. The molecule has 0 aliphatic carbocycles. The van der Waals surface area contributed by atoms with Crippen molar-refractivity contribution in [2.45, 2.75) is 89.7 Å². The van der Waals surface area contributed by atoms with Crippen LogP contribution in [0.5, 0.6) is 0 Å². The molecule has 0 spiro atoms. The zero-order valence-corrected chi connectivity index (χ0v) is 16.9. The van der Waals surface area contributed by atoms with E-state index in [1.807, 2.05) is 0 Å². The van der Waals surface area contributed by atoms with Crippen LogP contribution in [0.15, 0.2) is 0 Å². The first kappa shape index (κ1) is 24.8. The minimum Gasteiger partial charge on any atom is -0.747 e. The summed E-state index contributed by atoms with van der Waals surface area (Å²) in [6.07, 6.45) is 8.64. The fourth-order valence-electron chi connectivity index (χ4n) is 2.38. The van der Waals surface area contributed by atoms with E-state index in [0.717, 1.165) is 51.4 Å². The third-order valence-electron chi connectivity index (χ3n) is 3.97. The Morgan fingerprint density at radius 2 is 1.27 bits per heavy atom. The minimum absolute atomic E-state index is 0.0427. The molecule has 1 atom stereocenters. The Morgan fingerprint density at radius 3 is 1.73 bits per heavy atom. The average molecular weight is 394 g/mol. The summed E-state index contributed by atoms with van der Waals surface area (Å²) in [5, 5.41) is -2.04. The van der Waals surface area contributed by atoms with Crippen LogP contribution >= 0.6 is 0 Å². The van der Waals surface area contributed by atoms with Gasteiger partial charge in [-0.15, -0.1) is 0 Å². The van der Waals surface area contributed by atoms with E-state index >= 15 is 0 Å². The van der Waals surface area contributed by atoms with E-state index in [1.54, 1.807) is 0 Å². The van der Waals surface area contributed by atoms with Gasteiger partial charge in [0.25, 0.3) is 0 Å². The molecule has 0 radical (unpaired) electrons. The highest BCUT2D eigenvalue weighted by Crippen LogP contribution is 2.11. The van der Waals surface area contributed by atoms with E-state index in [2.05, 4.69) is 13.8 Å². The first-order valence-electron chi connectivity index (χ1n) is 9.59. The lowest BCUT2D eigenvalue weighted by Crippen LogP contribution is -2.34. The normalized spacial score (nSPS) is 12.6. The van der Waals surface area contributed by atoms with Gasteiger partial charge >= 0.3 is 11.9 Å². The minimum atomic E-state index is -4.98. The Hall–Kier alpha value is -1.15. The number of hydrogen-bond acceptors (Lipinski definition) is 7. The van der Waals surface area contributed by atoms with Gasteiger partial charge in [-0.2, -0.15) is 0 Å². The summed E-state index contributed by atoms with van der Waals surface area (Å²) in [5.74, 6) is -2.04. The molecule has 0 aromatic rings. The van der Waals surface area contributed by atoms with Gasteiger partial charge in [0.2, 0.25) is 0 Å². The Bertz CT molecular complexity index is 488. The zero-order chi connectivity index (χ0) is 19.8. The second-order valence-corrected chi connectivity index (χ2v) is 7.96. The predicted octanol–water partition coefficient (Wildman–Crippen LogP) is 3.32. The molecule has 154 valence electrons. The molecule has 0 amide bonds. The molecule has 0 aliphatic rings. The number of carbonyl (C=O) groups excluding carboxylic acids is 2. The van der Waals surface area contributed by atoms with Gasteiger partial charge in [0.1, 0.15) is 10.1 Å². The van der Waals surface area contributed by atoms with E-state index < -0.39 is 33.7 Å². The zero-order valence-electron chi connectivity index (χ0n) is 16.0. The van der Waals surface area contributed by atoms with E-state index in [0.29, 0.717) is 12.8 Å². The average Bonchev–Trinajstić information content (AvgIpc) is 2.57. The maximum absolute atomic E-state index is 11.9. The highest BCUT2D eigenvalue weighted by atomic mass is 32.2. The summed E-state index contributed by atoms with van der Waals surface area (Å²) >= 11 is 0. The Morgan fingerprint density at radius 1 is 0.808 bits per heavy atom. The van der Waals surface area contributed by atoms with E-state index in [-0.39, 0.29) is 13.2 Å². The van der Waals surface area contributed by atoms with Crippen molar-refractivity contribution in [3.05, 3.63) is 0 Å². The molecule has 0 heterocycles. The van der Waals surface area contributed by atoms with Crippen molar-refractivity contribution in [3.63, 3.8) is 0 Å². The second kappa shape index (κ2) is 15.0. The molecule has 0 aliphatic heterocycles. The van der Waals surface area contributed by atoms with Crippen LogP contribution in [0.2, 0.25) is 0 Å². The van der Waals surface area contributed by atoms with Crippen LogP contribution in [0.1, 0.15) is 84.5 Å². The summed E-state index contributed by atoms with van der Waals surface area (Å²) in [6.45, 7) is 4.36. The van der Waals surface area contributed by atoms with Crippen molar-refractivity contribution in [2.24, 2.45) is 0 Å². The summed E-state index contributed by atoms with van der Waals surface area (Å²) in [4.78, 5) is 23.6. The Labute approximate surface area is 157 Å². The van der Waals surface area contributed by atoms with Crippen molar-refractivity contribution in [1.29, 1.82) is 0 Å². The predicted molar refractivity (Wildman–Crippen MR) is 97.5 cm³/mol. The van der Waals surface area contributed by atoms with Crippen LogP contribution in [0, 0.1) is 0 Å². The Balaban J connectivity index is 4.22. The van der Waals surface area contributed by atoms with E-state index in [4.69, 9.17) is 9.47 Å². The van der Waals surface area contributed by atoms with E-state index in [1.165, 1.54) is 0 Å². The van der Waals surface area contributed by atoms with Crippen LogP contribution in [0.3, 0.4) is 0 Å². The molecule has 0 N–H and O–H groups in total. The molecule has 0 fully saturated rings. The van der Waals surface area contributed by atoms with Crippen molar-refractivity contribution < 1.29 is 32.0 Å². The van der Waals surface area contributed by atoms with Crippen LogP contribution in [0.4, 0.5) is 0 Å². The maximum Gasteiger partial charge on any atom is 0.323 e. The monoisotopic (exact) mass is 393 g/mol. The molecule has 0 bridgehead atoms. The molecule has 0 aromatic carbocycles. The van der Waals surface area contributed by atoms with Crippen LogP contribution < -0.4 is 0 Å². The van der Waals surface area contributed by atoms with Gasteiger partial charge in [-0.25, -0.2) is 8.42 Å². The first-order chi connectivity index (χ1) is 12.3. The second-order valence-electron chi connectivity index (χ2n) is 6.40. The number of rotatable bonds is 16. The number of unbranched alkanes of at least 4 members (excludes halogenated alkanes) is 8. The lowest BCUT2D eigenvalue weighted by atomic mass is 10.2. The topological polar surface area (TPSA) is 110 Å². The maximum atomic E-state index is 11.9. The van der Waals surface area contributed by atoms with Crippen molar-refractivity contribution >= 4 is 22.1 Å². The summed E-state index contributed by atoms with van der Waals surface area (Å²) in [6, 6.07) is 0. The van der Waals surface area contributed by atoms with Crippen LogP contribution in [-0.2, 0) is 29.2 Å². The number of esters is 2. The van der Waals surface area contributed by atoms with Crippen molar-refractivity contribution in [2.75, 3.05) is 13.2 Å². The SMILES string of the molecule is CCCCCCCOC(=O)CC(C(=O)OCCCCCCC)S(=O)(=O)[O-]. The molecule has 26 heavy (non-hydrogen) atoms. The lowest BCUT2D eigenvalue weighted by molar-refractivity contribution is -0.150. The highest BCUT2D eigenvalue weighted by Gasteiger charge is 2.30. The highest BCUT2D eigenvalue weighted by molar-refractivity contribution is 7.87. The van der Waals surface area contributed by atoms with Gasteiger partial charge in [0, 0.05) is 0 Å². The number of hydrogen-bond donors (Lipinski definition) is 0. The molecular weight excluding hydrogens is 360 g/mol. The fraction of sp³-hybridized carbons (Fsp3) is 0.889. The molecule has 0 saturated heterocycles. The van der Waals surface area contributed by atoms with Crippen LogP contribution in [0.25, 0.3) is 0 Å². The molecule has 0 saturated carbocycles. The molecular formula is C18H33O7S-. The van der Waals surface area contributed by atoms with E-state index in [9.17, 15) is 22.6 Å². The van der Waals surface area contributed by atoms with Gasteiger partial charge in [-0.3, -0.25) is 9.59 Å². The molecule has 0 rings (SSSR count). The van der Waals surface area contributed by atoms with Crippen molar-refractivity contribution in [1.82, 2.24) is 0 Å². The lowest BCUT2D eigenvalue weighted by Gasteiger charge is -2.18. The summed E-state index contributed by atoms with van der Waals surface area (Å²) in [5.41, 5.74) is 0. The van der Waals surface area contributed by atoms with Crippen molar-refractivity contribution in [3.8, 4) is 0 Å². The Kier molecular flexibility index (Phi) is 14.3. The molecule has 8 heteroatoms. The quantitative estimate of drug-likeness (QED) is 0.225. The largest absolute Gasteiger partial charge is 0.747 e. The van der Waals surface area contributed by atoms with Gasteiger partial charge in [-0.05, 0) is 12.8 Å². The van der Waals surface area contributed by atoms with Gasteiger partial charge in [-0.1, -0.05) is 65.2 Å². The third-order valence-corrected chi connectivity index (χ3v) is 5.02. The summed E-state index contributed by atoms with van der Waals surface area (Å²) < 4.78 is 43.6. The fourth-order valence-corrected chi connectivity index (χ4v) is 3.02. The van der Waals surface area contributed by atoms with Crippen LogP contribution in [-0.4, -0.2) is 43.4 Å².